The van der Waals surface area contributed by atoms with Crippen LogP contribution in [0, 0.1) is 12.8 Å². The van der Waals surface area contributed by atoms with Gasteiger partial charge in [-0.1, -0.05) is 10.6 Å². The van der Waals surface area contributed by atoms with Gasteiger partial charge in [-0.05, 0) is 54.7 Å². The predicted molar refractivity (Wildman–Crippen MR) is 99.6 cm³/mol. The van der Waals surface area contributed by atoms with E-state index in [0.717, 1.165) is 29.3 Å². The molecule has 2 aromatic heterocycles. The number of thiophene rings is 1. The van der Waals surface area contributed by atoms with E-state index in [9.17, 15) is 9.59 Å². The molecule has 1 aliphatic heterocycles. The molecule has 25 heavy (non-hydrogen) atoms. The fourth-order valence-corrected chi connectivity index (χ4v) is 4.00. The Kier molecular flexibility index (Phi) is 5.93. The average molecular weight is 377 g/mol. The molecule has 0 aromatic carbocycles. The van der Waals surface area contributed by atoms with E-state index in [1.807, 2.05) is 35.4 Å². The van der Waals surface area contributed by atoms with Crippen molar-refractivity contribution in [3.05, 3.63) is 39.0 Å². The number of hydrogen-bond donors (Lipinski definition) is 1. The van der Waals surface area contributed by atoms with Crippen LogP contribution in [0.4, 0.5) is 0 Å². The Morgan fingerprint density at radius 2 is 2.20 bits per heavy atom. The third-order valence-corrected chi connectivity index (χ3v) is 5.91. The number of aromatic nitrogens is 2. The van der Waals surface area contributed by atoms with E-state index in [-0.39, 0.29) is 11.8 Å². The fraction of sp³-hybridized carbons (Fsp3) is 0.412. The highest BCUT2D eigenvalue weighted by molar-refractivity contribution is 7.10. The van der Waals surface area contributed by atoms with Gasteiger partial charge in [-0.2, -0.15) is 0 Å². The van der Waals surface area contributed by atoms with E-state index in [1.54, 1.807) is 17.4 Å². The summed E-state index contributed by atoms with van der Waals surface area (Å²) in [5, 5.41) is 8.84. The van der Waals surface area contributed by atoms with Crippen molar-refractivity contribution < 1.29 is 9.59 Å². The largest absolute Gasteiger partial charge is 0.352 e. The van der Waals surface area contributed by atoms with Crippen LogP contribution in [0.3, 0.4) is 0 Å². The van der Waals surface area contributed by atoms with Crippen molar-refractivity contribution in [2.75, 3.05) is 19.6 Å². The lowest BCUT2D eigenvalue weighted by molar-refractivity contribution is -0.116. The van der Waals surface area contributed by atoms with Crippen LogP contribution in [-0.4, -0.2) is 45.9 Å². The van der Waals surface area contributed by atoms with Gasteiger partial charge in [0.2, 0.25) is 5.91 Å². The molecule has 3 heterocycles. The Morgan fingerprint density at radius 1 is 1.40 bits per heavy atom. The van der Waals surface area contributed by atoms with Crippen LogP contribution < -0.4 is 5.32 Å². The summed E-state index contributed by atoms with van der Waals surface area (Å²) in [6.07, 6.45) is 5.19. The third-order valence-electron chi connectivity index (χ3n) is 4.25. The van der Waals surface area contributed by atoms with E-state index in [4.69, 9.17) is 0 Å². The van der Waals surface area contributed by atoms with Crippen molar-refractivity contribution in [2.24, 2.45) is 5.92 Å². The van der Waals surface area contributed by atoms with Crippen LogP contribution in [0.25, 0.3) is 6.08 Å². The van der Waals surface area contributed by atoms with Gasteiger partial charge in [-0.3, -0.25) is 9.59 Å². The summed E-state index contributed by atoms with van der Waals surface area (Å²) in [5.74, 6) is 0.357. The number of amides is 2. The fourth-order valence-electron chi connectivity index (χ4n) is 2.76. The molecule has 0 radical (unpaired) electrons. The molecule has 0 spiro atoms. The molecule has 2 aromatic rings. The Balaban J connectivity index is 1.41. The maximum absolute atomic E-state index is 12.4. The number of piperidine rings is 1. The normalized spacial score (nSPS) is 15.6. The van der Waals surface area contributed by atoms with E-state index >= 15 is 0 Å². The smallest absolute Gasteiger partial charge is 0.267 e. The topological polar surface area (TPSA) is 75.2 Å². The molecule has 1 saturated heterocycles. The van der Waals surface area contributed by atoms with Gasteiger partial charge in [0.05, 0.1) is 5.69 Å². The van der Waals surface area contributed by atoms with E-state index in [0.29, 0.717) is 36.1 Å². The minimum atomic E-state index is -0.0711. The first-order valence-corrected chi connectivity index (χ1v) is 9.86. The number of carbonyl (C=O) groups is 2. The molecule has 3 rings (SSSR count). The van der Waals surface area contributed by atoms with Crippen molar-refractivity contribution >= 4 is 40.8 Å². The minimum absolute atomic E-state index is 0.0221. The molecule has 8 heteroatoms. The highest BCUT2D eigenvalue weighted by Crippen LogP contribution is 2.20. The first-order chi connectivity index (χ1) is 12.1. The summed E-state index contributed by atoms with van der Waals surface area (Å²) < 4.78 is 3.83. The van der Waals surface area contributed by atoms with Gasteiger partial charge in [0, 0.05) is 30.6 Å². The van der Waals surface area contributed by atoms with E-state index < -0.39 is 0 Å². The SMILES string of the molecule is Cc1nnsc1C(=O)N1CCC(CNC(=O)C=Cc2cccs2)CC1. The summed E-state index contributed by atoms with van der Waals surface area (Å²) in [6.45, 7) is 3.88. The summed E-state index contributed by atoms with van der Waals surface area (Å²) in [7, 11) is 0. The Labute approximate surface area is 154 Å². The van der Waals surface area contributed by atoms with Crippen LogP contribution in [0.5, 0.6) is 0 Å². The third kappa shape index (κ3) is 4.73. The second-order valence-corrected chi connectivity index (χ2v) is 7.75. The van der Waals surface area contributed by atoms with Crippen LogP contribution in [0.1, 0.15) is 33.1 Å². The molecule has 1 fully saturated rings. The van der Waals surface area contributed by atoms with Gasteiger partial charge in [-0.25, -0.2) is 0 Å². The quantitative estimate of drug-likeness (QED) is 0.814. The van der Waals surface area contributed by atoms with Crippen molar-refractivity contribution in [1.82, 2.24) is 19.8 Å². The zero-order valence-electron chi connectivity index (χ0n) is 14.0. The van der Waals surface area contributed by atoms with Gasteiger partial charge in [0.15, 0.2) is 0 Å². The number of rotatable bonds is 5. The highest BCUT2D eigenvalue weighted by Gasteiger charge is 2.26. The molecule has 0 saturated carbocycles. The van der Waals surface area contributed by atoms with Crippen molar-refractivity contribution in [2.45, 2.75) is 19.8 Å². The van der Waals surface area contributed by atoms with Gasteiger partial charge >= 0.3 is 0 Å². The van der Waals surface area contributed by atoms with Crippen LogP contribution in [0.15, 0.2) is 23.6 Å². The van der Waals surface area contributed by atoms with Crippen molar-refractivity contribution in [3.63, 3.8) is 0 Å². The number of likely N-dealkylation sites (tertiary alicyclic amines) is 1. The van der Waals surface area contributed by atoms with E-state index in [2.05, 4.69) is 14.9 Å². The van der Waals surface area contributed by atoms with E-state index in [1.165, 1.54) is 0 Å². The molecule has 6 nitrogen and oxygen atoms in total. The van der Waals surface area contributed by atoms with Gasteiger partial charge in [-0.15, -0.1) is 16.4 Å². The molecule has 0 unspecified atom stereocenters. The minimum Gasteiger partial charge on any atom is -0.352 e. The lowest BCUT2D eigenvalue weighted by Crippen LogP contribution is -2.41. The maximum Gasteiger partial charge on any atom is 0.267 e. The average Bonchev–Trinajstić information content (AvgIpc) is 3.29. The molecule has 0 bridgehead atoms. The number of nitrogens with zero attached hydrogens (tertiary/aromatic N) is 3. The van der Waals surface area contributed by atoms with Crippen LogP contribution in [-0.2, 0) is 4.79 Å². The first kappa shape index (κ1) is 17.8. The van der Waals surface area contributed by atoms with Gasteiger partial charge < -0.3 is 10.2 Å². The molecular formula is C17H20N4O2S2. The lowest BCUT2D eigenvalue weighted by atomic mass is 9.96. The molecule has 2 amide bonds. The predicted octanol–water partition coefficient (Wildman–Crippen LogP) is 2.59. The standard InChI is InChI=1S/C17H20N4O2S2/c1-12-16(25-20-19-12)17(23)21-8-6-13(7-9-21)11-18-15(22)5-4-14-3-2-10-24-14/h2-5,10,13H,6-9,11H2,1H3,(H,18,22). The molecule has 1 aliphatic rings. The lowest BCUT2D eigenvalue weighted by Gasteiger charge is -2.31. The van der Waals surface area contributed by atoms with Crippen molar-refractivity contribution in [3.8, 4) is 0 Å². The van der Waals surface area contributed by atoms with Crippen LogP contribution >= 0.6 is 22.9 Å². The molecular weight excluding hydrogens is 356 g/mol. The molecule has 132 valence electrons. The summed E-state index contributed by atoms with van der Waals surface area (Å²) in [4.78, 5) is 27.9. The molecule has 0 atom stereocenters. The zero-order chi connectivity index (χ0) is 17.6. The second-order valence-electron chi connectivity index (χ2n) is 6.02. The second kappa shape index (κ2) is 8.35. The van der Waals surface area contributed by atoms with Crippen molar-refractivity contribution in [1.29, 1.82) is 0 Å². The number of carbonyl (C=O) groups excluding carboxylic acids is 2. The zero-order valence-corrected chi connectivity index (χ0v) is 15.6. The Hall–Kier alpha value is -2.06. The maximum atomic E-state index is 12.4. The number of hydrogen-bond acceptors (Lipinski definition) is 6. The molecule has 1 N–H and O–H groups in total. The summed E-state index contributed by atoms with van der Waals surface area (Å²) in [6, 6.07) is 3.93. The summed E-state index contributed by atoms with van der Waals surface area (Å²) in [5.41, 5.74) is 0.696. The van der Waals surface area contributed by atoms with Crippen LogP contribution in [0.2, 0.25) is 0 Å². The highest BCUT2D eigenvalue weighted by atomic mass is 32.1. The number of aryl methyl sites for hydroxylation is 1. The Morgan fingerprint density at radius 3 is 2.84 bits per heavy atom. The monoisotopic (exact) mass is 376 g/mol. The Bertz CT molecular complexity index is 747. The first-order valence-electron chi connectivity index (χ1n) is 8.21. The van der Waals surface area contributed by atoms with Gasteiger partial charge in [0.1, 0.15) is 4.88 Å². The number of nitrogens with one attached hydrogen (secondary N) is 1. The summed E-state index contributed by atoms with van der Waals surface area (Å²) >= 11 is 2.76. The molecule has 0 aliphatic carbocycles. The van der Waals surface area contributed by atoms with Gasteiger partial charge in [0.25, 0.3) is 5.91 Å².